The number of nitrogens with zero attached hydrogens (tertiary/aromatic N) is 1. The zero-order valence-corrected chi connectivity index (χ0v) is 11.6. The largest absolute Gasteiger partial charge is 0.462 e. The summed E-state index contributed by atoms with van der Waals surface area (Å²) in [6, 6.07) is 3.81. The summed E-state index contributed by atoms with van der Waals surface area (Å²) < 4.78 is 44.3. The van der Waals surface area contributed by atoms with E-state index in [9.17, 15) is 18.0 Å². The van der Waals surface area contributed by atoms with E-state index in [0.29, 0.717) is 25.9 Å². The molecule has 0 atom stereocenters. The van der Waals surface area contributed by atoms with Crippen molar-refractivity contribution in [1.82, 2.24) is 0 Å². The quantitative estimate of drug-likeness (QED) is 0.674. The number of hydrogen-bond donors (Lipinski definition) is 1. The van der Waals surface area contributed by atoms with Gasteiger partial charge in [0.1, 0.15) is 6.10 Å². The minimum atomic E-state index is -4.45. The van der Waals surface area contributed by atoms with Crippen molar-refractivity contribution in [3.05, 3.63) is 23.8 Å². The molecule has 0 spiro atoms. The normalized spacial score (nSPS) is 16.9. The first-order valence-electron chi connectivity index (χ1n) is 6.66. The molecule has 1 aliphatic heterocycles. The summed E-state index contributed by atoms with van der Waals surface area (Å²) in [5.41, 5.74) is 4.93. The number of nitrogens with two attached hydrogens (primary N) is 1. The second kappa shape index (κ2) is 5.83. The summed E-state index contributed by atoms with van der Waals surface area (Å²) >= 11 is 0. The first kappa shape index (κ1) is 15.5. The number of piperidine rings is 1. The van der Waals surface area contributed by atoms with Gasteiger partial charge >= 0.3 is 12.1 Å². The van der Waals surface area contributed by atoms with Crippen LogP contribution < -0.4 is 10.6 Å². The predicted octanol–water partition coefficient (Wildman–Crippen LogP) is 2.82. The number of rotatable bonds is 2. The van der Waals surface area contributed by atoms with Gasteiger partial charge in [-0.05, 0) is 18.2 Å². The zero-order chi connectivity index (χ0) is 15.6. The fraction of sp³-hybridized carbons (Fsp3) is 0.500. The lowest BCUT2D eigenvalue weighted by Gasteiger charge is -2.34. The molecule has 7 heteroatoms. The van der Waals surface area contributed by atoms with Crippen LogP contribution in [0.15, 0.2) is 18.2 Å². The summed E-state index contributed by atoms with van der Waals surface area (Å²) in [7, 11) is 0. The van der Waals surface area contributed by atoms with Gasteiger partial charge in [-0.2, -0.15) is 13.2 Å². The van der Waals surface area contributed by atoms with E-state index >= 15 is 0 Å². The molecule has 4 nitrogen and oxygen atoms in total. The molecule has 116 valence electrons. The smallest absolute Gasteiger partial charge is 0.418 e. The number of alkyl halides is 3. The van der Waals surface area contributed by atoms with E-state index in [4.69, 9.17) is 10.5 Å². The number of anilines is 2. The van der Waals surface area contributed by atoms with Crippen molar-refractivity contribution in [3.63, 3.8) is 0 Å². The van der Waals surface area contributed by atoms with Crippen LogP contribution in [-0.4, -0.2) is 25.2 Å². The standard InChI is InChI=1S/C14H17F3N2O2/c1-9(20)21-11-4-6-19(7-5-11)13-3-2-10(18)8-12(13)14(15,16)17/h2-3,8,11H,4-7,18H2,1H3. The van der Waals surface area contributed by atoms with Crippen molar-refractivity contribution < 1.29 is 22.7 Å². The summed E-state index contributed by atoms with van der Waals surface area (Å²) in [5, 5.41) is 0. The van der Waals surface area contributed by atoms with Gasteiger partial charge in [-0.1, -0.05) is 0 Å². The number of carbonyl (C=O) groups is 1. The Kier molecular flexibility index (Phi) is 4.29. The molecule has 0 radical (unpaired) electrons. The fourth-order valence-corrected chi connectivity index (χ4v) is 2.51. The summed E-state index contributed by atoms with van der Waals surface area (Å²) in [6.45, 7) is 2.14. The Labute approximate surface area is 120 Å². The molecular formula is C14H17F3N2O2. The van der Waals surface area contributed by atoms with Gasteiger partial charge in [0, 0.05) is 44.2 Å². The molecule has 1 saturated heterocycles. The average molecular weight is 302 g/mol. The van der Waals surface area contributed by atoms with Crippen LogP contribution in [0.5, 0.6) is 0 Å². The predicted molar refractivity (Wildman–Crippen MR) is 72.9 cm³/mol. The van der Waals surface area contributed by atoms with Gasteiger partial charge in [0.25, 0.3) is 0 Å². The maximum atomic E-state index is 13.1. The fourth-order valence-electron chi connectivity index (χ4n) is 2.51. The second-order valence-electron chi connectivity index (χ2n) is 5.07. The Bertz CT molecular complexity index is 523. The number of ether oxygens (including phenoxy) is 1. The molecule has 1 aliphatic rings. The topological polar surface area (TPSA) is 55.6 Å². The average Bonchev–Trinajstić information content (AvgIpc) is 2.38. The first-order valence-corrected chi connectivity index (χ1v) is 6.66. The summed E-state index contributed by atoms with van der Waals surface area (Å²) in [5.74, 6) is -0.364. The van der Waals surface area contributed by atoms with Gasteiger partial charge in [0.2, 0.25) is 0 Å². The van der Waals surface area contributed by atoms with Crippen molar-refractivity contribution in [2.75, 3.05) is 23.7 Å². The van der Waals surface area contributed by atoms with Crippen LogP contribution in [0.4, 0.5) is 24.5 Å². The summed E-state index contributed by atoms with van der Waals surface area (Å²) in [6.07, 6.45) is -3.64. The highest BCUT2D eigenvalue weighted by molar-refractivity contribution is 5.66. The molecule has 1 heterocycles. The summed E-state index contributed by atoms with van der Waals surface area (Å²) in [4.78, 5) is 12.5. The molecule has 0 unspecified atom stereocenters. The lowest BCUT2D eigenvalue weighted by atomic mass is 10.0. The van der Waals surface area contributed by atoms with Gasteiger partial charge in [0.15, 0.2) is 0 Å². The molecule has 1 aromatic rings. The van der Waals surface area contributed by atoms with Gasteiger partial charge < -0.3 is 15.4 Å². The number of carbonyl (C=O) groups excluding carboxylic acids is 1. The maximum absolute atomic E-state index is 13.1. The van der Waals surface area contributed by atoms with Crippen LogP contribution in [0.1, 0.15) is 25.3 Å². The third kappa shape index (κ3) is 3.80. The van der Waals surface area contributed by atoms with E-state index in [2.05, 4.69) is 0 Å². The van der Waals surface area contributed by atoms with E-state index in [1.807, 2.05) is 0 Å². The van der Waals surface area contributed by atoms with Crippen molar-refractivity contribution >= 4 is 17.3 Å². The Hall–Kier alpha value is -1.92. The van der Waals surface area contributed by atoms with Gasteiger partial charge in [-0.25, -0.2) is 0 Å². The van der Waals surface area contributed by atoms with Crippen molar-refractivity contribution in [2.24, 2.45) is 0 Å². The van der Waals surface area contributed by atoms with E-state index in [0.717, 1.165) is 6.07 Å². The molecular weight excluding hydrogens is 285 g/mol. The number of halogens is 3. The monoisotopic (exact) mass is 302 g/mol. The minimum absolute atomic E-state index is 0.0841. The van der Waals surface area contributed by atoms with E-state index in [-0.39, 0.29) is 23.4 Å². The van der Waals surface area contributed by atoms with Gasteiger partial charge in [-0.15, -0.1) is 0 Å². The van der Waals surface area contributed by atoms with Crippen LogP contribution in [0.25, 0.3) is 0 Å². The number of benzene rings is 1. The van der Waals surface area contributed by atoms with Crippen molar-refractivity contribution in [3.8, 4) is 0 Å². The molecule has 0 bridgehead atoms. The lowest BCUT2D eigenvalue weighted by molar-refractivity contribution is -0.147. The highest BCUT2D eigenvalue weighted by Crippen LogP contribution is 2.38. The molecule has 0 aromatic heterocycles. The SMILES string of the molecule is CC(=O)OC1CCN(c2ccc(N)cc2C(F)(F)F)CC1. The van der Waals surface area contributed by atoms with Crippen LogP contribution in [0.3, 0.4) is 0 Å². The molecule has 2 N–H and O–H groups in total. The van der Waals surface area contributed by atoms with Gasteiger partial charge in [0.05, 0.1) is 5.56 Å². The van der Waals surface area contributed by atoms with Crippen LogP contribution >= 0.6 is 0 Å². The minimum Gasteiger partial charge on any atom is -0.462 e. The van der Waals surface area contributed by atoms with E-state index in [1.165, 1.54) is 19.1 Å². The van der Waals surface area contributed by atoms with E-state index in [1.54, 1.807) is 4.90 Å². The van der Waals surface area contributed by atoms with Gasteiger partial charge in [-0.3, -0.25) is 4.79 Å². The molecule has 21 heavy (non-hydrogen) atoms. The highest BCUT2D eigenvalue weighted by atomic mass is 19.4. The molecule has 1 fully saturated rings. The van der Waals surface area contributed by atoms with Crippen LogP contribution in [-0.2, 0) is 15.7 Å². The van der Waals surface area contributed by atoms with Crippen molar-refractivity contribution in [2.45, 2.75) is 32.0 Å². The van der Waals surface area contributed by atoms with Crippen molar-refractivity contribution in [1.29, 1.82) is 0 Å². The number of esters is 1. The highest BCUT2D eigenvalue weighted by Gasteiger charge is 2.36. The Morgan fingerprint density at radius 3 is 2.48 bits per heavy atom. The van der Waals surface area contributed by atoms with Crippen LogP contribution in [0, 0.1) is 0 Å². The second-order valence-corrected chi connectivity index (χ2v) is 5.07. The number of hydrogen-bond acceptors (Lipinski definition) is 4. The maximum Gasteiger partial charge on any atom is 0.418 e. The molecule has 1 aromatic carbocycles. The van der Waals surface area contributed by atoms with E-state index < -0.39 is 11.7 Å². The Balaban J connectivity index is 2.15. The Morgan fingerprint density at radius 1 is 1.33 bits per heavy atom. The lowest BCUT2D eigenvalue weighted by Crippen LogP contribution is -2.38. The molecule has 0 amide bonds. The molecule has 0 saturated carbocycles. The van der Waals surface area contributed by atoms with Crippen LogP contribution in [0.2, 0.25) is 0 Å². The zero-order valence-electron chi connectivity index (χ0n) is 11.6. The Morgan fingerprint density at radius 2 is 1.95 bits per heavy atom. The third-order valence-corrected chi connectivity index (χ3v) is 3.44. The first-order chi connectivity index (χ1) is 9.77. The molecule has 2 rings (SSSR count). The third-order valence-electron chi connectivity index (χ3n) is 3.44. The molecule has 0 aliphatic carbocycles. The number of nitrogen functional groups attached to an aromatic ring is 1.